The third-order valence-electron chi connectivity index (χ3n) is 3.13. The van der Waals surface area contributed by atoms with E-state index in [0.717, 1.165) is 11.3 Å². The maximum Gasteiger partial charge on any atom is 0.249 e. The molecule has 3 heterocycles. The van der Waals surface area contributed by atoms with Crippen molar-refractivity contribution in [1.82, 2.24) is 25.5 Å². The normalized spacial score (nSPS) is 10.4. The van der Waals surface area contributed by atoms with Gasteiger partial charge in [0.25, 0.3) is 0 Å². The van der Waals surface area contributed by atoms with Crippen molar-refractivity contribution in [2.75, 3.05) is 0 Å². The summed E-state index contributed by atoms with van der Waals surface area (Å²) in [5.41, 5.74) is 1.57. The lowest BCUT2D eigenvalue weighted by Crippen LogP contribution is -2.23. The lowest BCUT2D eigenvalue weighted by atomic mass is 10.3. The maximum atomic E-state index is 11.8. The molecule has 0 radical (unpaired) electrons. The van der Waals surface area contributed by atoms with Gasteiger partial charge in [0.1, 0.15) is 0 Å². The molecule has 0 saturated heterocycles. The van der Waals surface area contributed by atoms with Gasteiger partial charge < -0.3 is 9.73 Å². The van der Waals surface area contributed by atoms with Gasteiger partial charge in [-0.2, -0.15) is 0 Å². The van der Waals surface area contributed by atoms with Crippen molar-refractivity contribution in [1.29, 1.82) is 0 Å². The zero-order chi connectivity index (χ0) is 15.9. The highest BCUT2D eigenvalue weighted by molar-refractivity contribution is 5.75. The van der Waals surface area contributed by atoms with Crippen molar-refractivity contribution in [2.45, 2.75) is 19.4 Å². The number of aromatic nitrogens is 4. The second-order valence-corrected chi connectivity index (χ2v) is 4.84. The van der Waals surface area contributed by atoms with E-state index >= 15 is 0 Å². The van der Waals surface area contributed by atoms with E-state index < -0.39 is 0 Å². The zero-order valence-corrected chi connectivity index (χ0v) is 12.3. The largest absolute Gasteiger partial charge is 0.421 e. The van der Waals surface area contributed by atoms with Gasteiger partial charge in [-0.25, -0.2) is 0 Å². The number of hydrogen-bond acceptors (Lipinski definition) is 6. The van der Waals surface area contributed by atoms with Crippen LogP contribution >= 0.6 is 0 Å². The van der Waals surface area contributed by atoms with Crippen LogP contribution in [0, 0.1) is 0 Å². The standard InChI is InChI=1S/C16H15N5O2/c22-14(19-11-13-5-1-2-9-18-13)6-7-15-20-21-16(23-15)12-4-3-8-17-10-12/h1-5,8-10H,6-7,11H2,(H,19,22). The number of pyridine rings is 2. The van der Waals surface area contributed by atoms with Crippen molar-refractivity contribution in [3.63, 3.8) is 0 Å². The van der Waals surface area contributed by atoms with Gasteiger partial charge in [-0.05, 0) is 24.3 Å². The summed E-state index contributed by atoms with van der Waals surface area (Å²) >= 11 is 0. The Morgan fingerprint density at radius 3 is 2.87 bits per heavy atom. The summed E-state index contributed by atoms with van der Waals surface area (Å²) in [4.78, 5) is 20.0. The predicted octanol–water partition coefficient (Wildman–Crippen LogP) is 1.78. The highest BCUT2D eigenvalue weighted by atomic mass is 16.4. The summed E-state index contributed by atoms with van der Waals surface area (Å²) in [6.07, 6.45) is 5.69. The van der Waals surface area contributed by atoms with Crippen molar-refractivity contribution < 1.29 is 9.21 Å². The summed E-state index contributed by atoms with van der Waals surface area (Å²) < 4.78 is 5.53. The first-order valence-electron chi connectivity index (χ1n) is 7.20. The first kappa shape index (κ1) is 14.8. The smallest absolute Gasteiger partial charge is 0.249 e. The van der Waals surface area contributed by atoms with Crippen LogP contribution in [0.2, 0.25) is 0 Å². The Morgan fingerprint density at radius 2 is 2.09 bits per heavy atom. The van der Waals surface area contributed by atoms with E-state index in [9.17, 15) is 4.79 Å². The van der Waals surface area contributed by atoms with E-state index in [1.54, 1.807) is 24.7 Å². The molecule has 0 spiro atoms. The van der Waals surface area contributed by atoms with Crippen LogP contribution in [0.5, 0.6) is 0 Å². The van der Waals surface area contributed by atoms with Gasteiger partial charge in [-0.15, -0.1) is 10.2 Å². The molecule has 116 valence electrons. The molecular weight excluding hydrogens is 294 g/mol. The summed E-state index contributed by atoms with van der Waals surface area (Å²) in [5.74, 6) is 0.746. The Hall–Kier alpha value is -3.09. The number of hydrogen-bond donors (Lipinski definition) is 1. The molecule has 1 amide bonds. The van der Waals surface area contributed by atoms with Crippen LogP contribution < -0.4 is 5.32 Å². The Bertz CT molecular complexity index is 758. The zero-order valence-electron chi connectivity index (χ0n) is 12.3. The molecule has 0 unspecified atom stereocenters. The second kappa shape index (κ2) is 7.26. The van der Waals surface area contributed by atoms with Crippen LogP contribution in [-0.2, 0) is 17.8 Å². The molecule has 1 N–H and O–H groups in total. The summed E-state index contributed by atoms with van der Waals surface area (Å²) in [5, 5.41) is 10.7. The van der Waals surface area contributed by atoms with Crippen LogP contribution in [0.1, 0.15) is 18.0 Å². The molecule has 0 aromatic carbocycles. The predicted molar refractivity (Wildman–Crippen MR) is 81.9 cm³/mol. The van der Waals surface area contributed by atoms with Crippen molar-refractivity contribution >= 4 is 5.91 Å². The number of rotatable bonds is 6. The molecule has 0 bridgehead atoms. The fourth-order valence-corrected chi connectivity index (χ4v) is 1.96. The number of carbonyl (C=O) groups is 1. The third kappa shape index (κ3) is 4.19. The molecule has 0 aliphatic heterocycles. The van der Waals surface area contributed by atoms with E-state index in [-0.39, 0.29) is 12.3 Å². The molecule has 23 heavy (non-hydrogen) atoms. The first-order chi connectivity index (χ1) is 11.3. The van der Waals surface area contributed by atoms with E-state index in [2.05, 4.69) is 25.5 Å². The minimum atomic E-state index is -0.0863. The van der Waals surface area contributed by atoms with E-state index in [4.69, 9.17) is 4.42 Å². The number of nitrogens with one attached hydrogen (secondary N) is 1. The van der Waals surface area contributed by atoms with Crippen LogP contribution in [0.15, 0.2) is 53.3 Å². The van der Waals surface area contributed by atoms with Gasteiger partial charge in [-0.1, -0.05) is 6.07 Å². The van der Waals surface area contributed by atoms with Gasteiger partial charge in [0.15, 0.2) is 0 Å². The van der Waals surface area contributed by atoms with Gasteiger partial charge >= 0.3 is 0 Å². The molecule has 0 aliphatic rings. The lowest BCUT2D eigenvalue weighted by Gasteiger charge is -2.03. The van der Waals surface area contributed by atoms with Gasteiger partial charge in [0, 0.05) is 31.4 Å². The number of aryl methyl sites for hydroxylation is 1. The number of amides is 1. The van der Waals surface area contributed by atoms with E-state index in [0.29, 0.717) is 24.7 Å². The van der Waals surface area contributed by atoms with Gasteiger partial charge in [0.2, 0.25) is 17.7 Å². The molecule has 7 heteroatoms. The molecule has 0 atom stereocenters. The maximum absolute atomic E-state index is 11.8. The fraction of sp³-hybridized carbons (Fsp3) is 0.188. The van der Waals surface area contributed by atoms with Gasteiger partial charge in [-0.3, -0.25) is 14.8 Å². The molecule has 0 aliphatic carbocycles. The monoisotopic (exact) mass is 309 g/mol. The SMILES string of the molecule is O=C(CCc1nnc(-c2cccnc2)o1)NCc1ccccn1. The quantitative estimate of drug-likeness (QED) is 0.746. The highest BCUT2D eigenvalue weighted by Gasteiger charge is 2.10. The summed E-state index contributed by atoms with van der Waals surface area (Å²) in [6.45, 7) is 0.407. The number of nitrogens with zero attached hydrogens (tertiary/aromatic N) is 4. The van der Waals surface area contributed by atoms with Crippen molar-refractivity contribution in [3.05, 3.63) is 60.5 Å². The number of carbonyl (C=O) groups excluding carboxylic acids is 1. The van der Waals surface area contributed by atoms with Crippen molar-refractivity contribution in [2.24, 2.45) is 0 Å². The lowest BCUT2D eigenvalue weighted by molar-refractivity contribution is -0.121. The minimum Gasteiger partial charge on any atom is -0.421 e. The Balaban J connectivity index is 1.49. The highest BCUT2D eigenvalue weighted by Crippen LogP contribution is 2.16. The molecular formula is C16H15N5O2. The molecule has 3 aromatic rings. The van der Waals surface area contributed by atoms with Gasteiger partial charge in [0.05, 0.1) is 17.8 Å². The first-order valence-corrected chi connectivity index (χ1v) is 7.20. The average molecular weight is 309 g/mol. The minimum absolute atomic E-state index is 0.0863. The van der Waals surface area contributed by atoms with Crippen molar-refractivity contribution in [3.8, 4) is 11.5 Å². The van der Waals surface area contributed by atoms with Crippen LogP contribution in [-0.4, -0.2) is 26.1 Å². The summed E-state index contributed by atoms with van der Waals surface area (Å²) in [6, 6.07) is 9.21. The average Bonchev–Trinajstić information content (AvgIpc) is 3.09. The van der Waals surface area contributed by atoms with Crippen LogP contribution in [0.3, 0.4) is 0 Å². The van der Waals surface area contributed by atoms with Crippen LogP contribution in [0.25, 0.3) is 11.5 Å². The topological polar surface area (TPSA) is 93.8 Å². The molecule has 7 nitrogen and oxygen atoms in total. The fourth-order valence-electron chi connectivity index (χ4n) is 1.96. The second-order valence-electron chi connectivity index (χ2n) is 4.84. The molecule has 3 rings (SSSR count). The Morgan fingerprint density at radius 1 is 1.13 bits per heavy atom. The van der Waals surface area contributed by atoms with E-state index in [1.165, 1.54) is 0 Å². The molecule has 3 aromatic heterocycles. The van der Waals surface area contributed by atoms with E-state index in [1.807, 2.05) is 24.3 Å². The summed E-state index contributed by atoms with van der Waals surface area (Å²) in [7, 11) is 0. The third-order valence-corrected chi connectivity index (χ3v) is 3.13. The Kier molecular flexibility index (Phi) is 4.68. The molecule has 0 saturated carbocycles. The Labute approximate surface area is 132 Å². The molecule has 0 fully saturated rings. The van der Waals surface area contributed by atoms with Crippen LogP contribution in [0.4, 0.5) is 0 Å².